The number of carbonyl (C=O) groups excluding carboxylic acids is 2. The molecule has 1 aromatic heterocycles. The van der Waals surface area contributed by atoms with Crippen molar-refractivity contribution in [3.63, 3.8) is 0 Å². The van der Waals surface area contributed by atoms with Crippen molar-refractivity contribution in [3.8, 4) is 0 Å². The van der Waals surface area contributed by atoms with E-state index in [4.69, 9.17) is 4.42 Å². The van der Waals surface area contributed by atoms with E-state index in [9.17, 15) is 9.59 Å². The van der Waals surface area contributed by atoms with E-state index in [0.717, 1.165) is 39.0 Å². The van der Waals surface area contributed by atoms with Crippen molar-refractivity contribution in [2.45, 2.75) is 31.8 Å². The van der Waals surface area contributed by atoms with Gasteiger partial charge < -0.3 is 19.5 Å². The molecule has 3 aliphatic rings. The van der Waals surface area contributed by atoms with E-state index in [-0.39, 0.29) is 17.6 Å². The van der Waals surface area contributed by atoms with Gasteiger partial charge in [-0.3, -0.25) is 9.59 Å². The third-order valence-electron chi connectivity index (χ3n) is 4.40. The maximum Gasteiger partial charge on any atom is 0.287 e. The highest BCUT2D eigenvalue weighted by atomic mass is 16.3. The Bertz CT molecular complexity index is 506. The fourth-order valence-corrected chi connectivity index (χ4v) is 3.16. The molecule has 114 valence electrons. The summed E-state index contributed by atoms with van der Waals surface area (Å²) >= 11 is 0. The lowest BCUT2D eigenvalue weighted by atomic mass is 10.0. The molecule has 0 radical (unpaired) electrons. The topological polar surface area (TPSA) is 65.8 Å². The third kappa shape index (κ3) is 2.95. The standard InChI is InChI=1S/C15H21N3O3/c1-11(16-14(19)13-3-2-10-21-13)15(20)18-9-8-17-6-4-12(18)5-7-17/h2-3,10-12H,4-9H2,1H3,(H,16,19). The lowest BCUT2D eigenvalue weighted by Crippen LogP contribution is -2.51. The molecule has 2 bridgehead atoms. The van der Waals surface area contributed by atoms with E-state index >= 15 is 0 Å². The predicted molar refractivity (Wildman–Crippen MR) is 76.8 cm³/mol. The average Bonchev–Trinajstić information content (AvgIpc) is 2.88. The molecule has 3 saturated heterocycles. The van der Waals surface area contributed by atoms with Gasteiger partial charge in [0.05, 0.1) is 6.26 Å². The minimum Gasteiger partial charge on any atom is -0.459 e. The van der Waals surface area contributed by atoms with E-state index in [0.29, 0.717) is 6.04 Å². The van der Waals surface area contributed by atoms with Crippen molar-refractivity contribution in [1.82, 2.24) is 15.1 Å². The van der Waals surface area contributed by atoms with E-state index < -0.39 is 6.04 Å². The van der Waals surface area contributed by atoms with Crippen LogP contribution in [0, 0.1) is 0 Å². The van der Waals surface area contributed by atoms with Gasteiger partial charge in [0, 0.05) is 32.2 Å². The van der Waals surface area contributed by atoms with E-state index in [2.05, 4.69) is 10.2 Å². The highest BCUT2D eigenvalue weighted by Crippen LogP contribution is 2.21. The number of rotatable bonds is 3. The number of piperidine rings is 1. The first-order valence-electron chi connectivity index (χ1n) is 7.52. The smallest absolute Gasteiger partial charge is 0.287 e. The second-order valence-corrected chi connectivity index (χ2v) is 5.78. The van der Waals surface area contributed by atoms with Crippen LogP contribution < -0.4 is 5.32 Å². The van der Waals surface area contributed by atoms with Gasteiger partial charge in [-0.1, -0.05) is 0 Å². The van der Waals surface area contributed by atoms with Crippen LogP contribution in [0.3, 0.4) is 0 Å². The van der Waals surface area contributed by atoms with Crippen molar-refractivity contribution >= 4 is 11.8 Å². The summed E-state index contributed by atoms with van der Waals surface area (Å²) in [5, 5.41) is 2.72. The third-order valence-corrected chi connectivity index (χ3v) is 4.40. The number of nitrogens with zero attached hydrogens (tertiary/aromatic N) is 2. The van der Waals surface area contributed by atoms with Gasteiger partial charge in [-0.15, -0.1) is 0 Å². The molecule has 0 aliphatic carbocycles. The second-order valence-electron chi connectivity index (χ2n) is 5.78. The fourth-order valence-electron chi connectivity index (χ4n) is 3.16. The van der Waals surface area contributed by atoms with Crippen molar-refractivity contribution in [1.29, 1.82) is 0 Å². The zero-order chi connectivity index (χ0) is 14.8. The fraction of sp³-hybridized carbons (Fsp3) is 0.600. The summed E-state index contributed by atoms with van der Waals surface area (Å²) in [5.41, 5.74) is 0. The molecule has 3 aliphatic heterocycles. The average molecular weight is 291 g/mol. The molecule has 0 spiro atoms. The van der Waals surface area contributed by atoms with Crippen LogP contribution in [0.25, 0.3) is 0 Å². The van der Waals surface area contributed by atoms with Crippen LogP contribution in [0.15, 0.2) is 22.8 Å². The van der Waals surface area contributed by atoms with Gasteiger partial charge in [-0.25, -0.2) is 0 Å². The first kappa shape index (κ1) is 14.1. The maximum absolute atomic E-state index is 12.6. The molecule has 1 atom stereocenters. The summed E-state index contributed by atoms with van der Waals surface area (Å²) in [6.45, 7) is 5.56. The minimum atomic E-state index is -0.533. The highest BCUT2D eigenvalue weighted by molar-refractivity contribution is 5.95. The molecule has 2 amide bonds. The molecule has 6 nitrogen and oxygen atoms in total. The number of amides is 2. The Hall–Kier alpha value is -1.82. The number of hydrogen-bond acceptors (Lipinski definition) is 4. The number of fused-ring (bicyclic) bond motifs is 4. The Labute approximate surface area is 124 Å². The maximum atomic E-state index is 12.6. The van der Waals surface area contributed by atoms with Crippen LogP contribution in [0.1, 0.15) is 30.3 Å². The first-order valence-corrected chi connectivity index (χ1v) is 7.52. The summed E-state index contributed by atoms with van der Waals surface area (Å²) in [5.74, 6) is -0.107. The lowest BCUT2D eigenvalue weighted by molar-refractivity contribution is -0.134. The zero-order valence-electron chi connectivity index (χ0n) is 12.2. The van der Waals surface area contributed by atoms with Gasteiger partial charge in [0.1, 0.15) is 6.04 Å². The highest BCUT2D eigenvalue weighted by Gasteiger charge is 2.34. The Morgan fingerprint density at radius 3 is 2.71 bits per heavy atom. The van der Waals surface area contributed by atoms with Gasteiger partial charge in [-0.05, 0) is 31.9 Å². The Morgan fingerprint density at radius 1 is 1.29 bits per heavy atom. The Morgan fingerprint density at radius 2 is 2.05 bits per heavy atom. The summed E-state index contributed by atoms with van der Waals surface area (Å²) in [7, 11) is 0. The normalized spacial score (nSPS) is 26.2. The number of carbonyl (C=O) groups is 2. The van der Waals surface area contributed by atoms with Crippen LogP contribution in [-0.2, 0) is 4.79 Å². The molecule has 4 heterocycles. The number of nitrogens with one attached hydrogen (secondary N) is 1. The first-order chi connectivity index (χ1) is 10.1. The molecule has 0 aromatic carbocycles. The van der Waals surface area contributed by atoms with E-state index in [1.54, 1.807) is 19.1 Å². The largest absolute Gasteiger partial charge is 0.459 e. The van der Waals surface area contributed by atoms with Crippen molar-refractivity contribution in [3.05, 3.63) is 24.2 Å². The molecule has 1 aromatic rings. The van der Waals surface area contributed by atoms with Crippen molar-refractivity contribution in [2.24, 2.45) is 0 Å². The Kier molecular flexibility index (Phi) is 3.96. The molecule has 4 rings (SSSR count). The van der Waals surface area contributed by atoms with Crippen molar-refractivity contribution < 1.29 is 14.0 Å². The second kappa shape index (κ2) is 5.89. The molecule has 3 fully saturated rings. The van der Waals surface area contributed by atoms with Crippen LogP contribution >= 0.6 is 0 Å². The molecular weight excluding hydrogens is 270 g/mol. The van der Waals surface area contributed by atoms with E-state index in [1.165, 1.54) is 6.26 Å². The summed E-state index contributed by atoms with van der Waals surface area (Å²) in [6, 6.07) is 3.03. The molecule has 6 heteroatoms. The number of furan rings is 1. The van der Waals surface area contributed by atoms with Crippen LogP contribution in [-0.4, -0.2) is 59.9 Å². The molecule has 0 saturated carbocycles. The minimum absolute atomic E-state index is 0.00339. The van der Waals surface area contributed by atoms with Gasteiger partial charge in [0.15, 0.2) is 5.76 Å². The van der Waals surface area contributed by atoms with Crippen molar-refractivity contribution in [2.75, 3.05) is 26.2 Å². The summed E-state index contributed by atoms with van der Waals surface area (Å²) in [4.78, 5) is 28.9. The van der Waals surface area contributed by atoms with Gasteiger partial charge in [-0.2, -0.15) is 0 Å². The molecule has 1 N–H and O–H groups in total. The summed E-state index contributed by atoms with van der Waals surface area (Å²) < 4.78 is 5.05. The monoisotopic (exact) mass is 291 g/mol. The zero-order valence-corrected chi connectivity index (χ0v) is 12.2. The van der Waals surface area contributed by atoms with Gasteiger partial charge in [0.25, 0.3) is 5.91 Å². The summed E-state index contributed by atoms with van der Waals surface area (Å²) in [6.07, 6.45) is 3.51. The molecular formula is C15H21N3O3. The number of hydrogen-bond donors (Lipinski definition) is 1. The quantitative estimate of drug-likeness (QED) is 0.890. The predicted octanol–water partition coefficient (Wildman–Crippen LogP) is 0.704. The van der Waals surface area contributed by atoms with E-state index in [1.807, 2.05) is 4.90 Å². The Balaban J connectivity index is 1.62. The SMILES string of the molecule is CC(NC(=O)c1ccco1)C(=O)N1CCN2CCC1CC2. The van der Waals surface area contributed by atoms with Crippen LogP contribution in [0.4, 0.5) is 0 Å². The van der Waals surface area contributed by atoms with Gasteiger partial charge in [0.2, 0.25) is 5.91 Å². The molecule has 1 unspecified atom stereocenters. The molecule has 21 heavy (non-hydrogen) atoms. The van der Waals surface area contributed by atoms with Crippen LogP contribution in [0.2, 0.25) is 0 Å². The van der Waals surface area contributed by atoms with Gasteiger partial charge >= 0.3 is 0 Å². The van der Waals surface area contributed by atoms with Crippen LogP contribution in [0.5, 0.6) is 0 Å². The lowest BCUT2D eigenvalue weighted by Gasteiger charge is -2.33.